The molecule has 1 unspecified atom stereocenters. The standard InChI is InChI=1S/C21H23AsFNO5S/c1-5-22(30(4,26)27)16-12-17-15(11-18(16)28-6-2)19(21(25)24-3)20(29-17)13-7-9-14(23)10-8-13/h7-12H,5-6H2,1-4H3,(H,24,25). The molecule has 3 rings (SSSR count). The van der Waals surface area contributed by atoms with Crippen molar-refractivity contribution in [3.8, 4) is 17.1 Å². The Labute approximate surface area is 178 Å². The van der Waals surface area contributed by atoms with Crippen LogP contribution in [-0.4, -0.2) is 47.7 Å². The van der Waals surface area contributed by atoms with Crippen LogP contribution in [0.3, 0.4) is 0 Å². The molecular formula is C21H23AsFNO5S. The van der Waals surface area contributed by atoms with E-state index < -0.39 is 27.4 Å². The monoisotopic (exact) mass is 495 g/mol. The van der Waals surface area contributed by atoms with Gasteiger partial charge in [0.05, 0.1) is 0 Å². The van der Waals surface area contributed by atoms with Crippen LogP contribution < -0.4 is 14.4 Å². The third kappa shape index (κ3) is 4.25. The summed E-state index contributed by atoms with van der Waals surface area (Å²) in [6.45, 7) is 4.02. The quantitative estimate of drug-likeness (QED) is 0.509. The van der Waals surface area contributed by atoms with E-state index in [1.807, 2.05) is 13.8 Å². The number of carbonyl (C=O) groups excluding carboxylic acids is 1. The number of ether oxygens (including phenoxy) is 1. The summed E-state index contributed by atoms with van der Waals surface area (Å²) in [5.41, 5.74) is 1.23. The second-order valence-electron chi connectivity index (χ2n) is 6.57. The zero-order valence-corrected chi connectivity index (χ0v) is 19.8. The number of furan rings is 1. The molecule has 0 spiro atoms. The van der Waals surface area contributed by atoms with Crippen LogP contribution in [0.5, 0.6) is 5.75 Å². The Morgan fingerprint density at radius 1 is 1.20 bits per heavy atom. The molecule has 3 aromatic rings. The second-order valence-corrected chi connectivity index (χ2v) is 18.4. The van der Waals surface area contributed by atoms with Crippen molar-refractivity contribution < 1.29 is 26.8 Å². The first-order valence-corrected chi connectivity index (χ1v) is 15.8. The molecule has 0 aliphatic heterocycles. The molecule has 0 aliphatic rings. The zero-order chi connectivity index (χ0) is 22.1. The second kappa shape index (κ2) is 8.82. The van der Waals surface area contributed by atoms with Gasteiger partial charge in [-0.2, -0.15) is 0 Å². The number of carbonyl (C=O) groups is 1. The SMILES string of the molecule is CCOc1cc2c(C(=O)NC)c(-c3ccc(F)cc3)oc2cc1[As](CC)S(C)(=O)=O. The number of nitrogens with one attached hydrogen (secondary N) is 1. The average Bonchev–Trinajstić information content (AvgIpc) is 3.06. The van der Waals surface area contributed by atoms with Gasteiger partial charge in [-0.3, -0.25) is 0 Å². The van der Waals surface area contributed by atoms with Crippen LogP contribution in [0.15, 0.2) is 40.8 Å². The molecule has 0 fully saturated rings. The fourth-order valence-electron chi connectivity index (χ4n) is 3.32. The van der Waals surface area contributed by atoms with Gasteiger partial charge < -0.3 is 0 Å². The van der Waals surface area contributed by atoms with Gasteiger partial charge in [0.2, 0.25) is 0 Å². The van der Waals surface area contributed by atoms with E-state index in [0.29, 0.717) is 49.8 Å². The predicted molar refractivity (Wildman–Crippen MR) is 117 cm³/mol. The van der Waals surface area contributed by atoms with Crippen LogP contribution in [0.1, 0.15) is 24.2 Å². The molecular weight excluding hydrogens is 472 g/mol. The Hall–Kier alpha value is -2.31. The number of hydrogen-bond acceptors (Lipinski definition) is 5. The summed E-state index contributed by atoms with van der Waals surface area (Å²) in [6.07, 6.45) is 1.25. The fraction of sp³-hybridized carbons (Fsp3) is 0.286. The Kier molecular flexibility index (Phi) is 6.58. The zero-order valence-electron chi connectivity index (χ0n) is 17.2. The normalized spacial score (nSPS) is 12.7. The molecule has 1 atom stereocenters. The number of amides is 1. The molecule has 160 valence electrons. The topological polar surface area (TPSA) is 85.6 Å². The Morgan fingerprint density at radius 3 is 2.40 bits per heavy atom. The van der Waals surface area contributed by atoms with Crippen molar-refractivity contribution >= 4 is 42.8 Å². The van der Waals surface area contributed by atoms with Gasteiger partial charge >= 0.3 is 179 Å². The van der Waals surface area contributed by atoms with E-state index in [1.165, 1.54) is 37.6 Å². The molecule has 2 aromatic carbocycles. The van der Waals surface area contributed by atoms with Gasteiger partial charge in [-0.1, -0.05) is 0 Å². The van der Waals surface area contributed by atoms with Gasteiger partial charge in [-0.25, -0.2) is 0 Å². The molecule has 30 heavy (non-hydrogen) atoms. The molecule has 0 saturated heterocycles. The maximum absolute atomic E-state index is 13.4. The third-order valence-electron chi connectivity index (χ3n) is 4.59. The van der Waals surface area contributed by atoms with Crippen LogP contribution in [-0.2, 0) is 8.10 Å². The molecule has 0 bridgehead atoms. The predicted octanol–water partition coefficient (Wildman–Crippen LogP) is 3.26. The first kappa shape index (κ1) is 22.4. The summed E-state index contributed by atoms with van der Waals surface area (Å²) >= 11 is -2.50. The van der Waals surface area contributed by atoms with Gasteiger partial charge in [0.25, 0.3) is 0 Å². The van der Waals surface area contributed by atoms with Gasteiger partial charge in [0.1, 0.15) is 0 Å². The minimum absolute atomic E-state index is 0.291. The van der Waals surface area contributed by atoms with Crippen LogP contribution in [0, 0.1) is 5.82 Å². The summed E-state index contributed by atoms with van der Waals surface area (Å²) in [5, 5.41) is 3.62. The summed E-state index contributed by atoms with van der Waals surface area (Å²) in [6, 6.07) is 9.01. The van der Waals surface area contributed by atoms with Crippen molar-refractivity contribution in [3.05, 3.63) is 47.8 Å². The van der Waals surface area contributed by atoms with Crippen LogP contribution in [0.25, 0.3) is 22.3 Å². The number of hydrogen-bond donors (Lipinski definition) is 1. The fourth-order valence-corrected chi connectivity index (χ4v) is 12.1. The molecule has 9 heteroatoms. The first-order valence-electron chi connectivity index (χ1n) is 9.40. The van der Waals surface area contributed by atoms with E-state index in [2.05, 4.69) is 5.32 Å². The number of rotatable bonds is 7. The Morgan fingerprint density at radius 2 is 1.87 bits per heavy atom. The van der Waals surface area contributed by atoms with E-state index >= 15 is 0 Å². The van der Waals surface area contributed by atoms with E-state index in [4.69, 9.17) is 9.15 Å². The first-order chi connectivity index (χ1) is 14.2. The van der Waals surface area contributed by atoms with Crippen molar-refractivity contribution in [3.63, 3.8) is 0 Å². The van der Waals surface area contributed by atoms with E-state index in [-0.39, 0.29) is 5.91 Å². The molecule has 1 amide bonds. The molecule has 0 radical (unpaired) electrons. The number of halogens is 1. The van der Waals surface area contributed by atoms with Gasteiger partial charge in [-0.15, -0.1) is 0 Å². The van der Waals surface area contributed by atoms with E-state index in [0.717, 1.165) is 0 Å². The van der Waals surface area contributed by atoms with Crippen LogP contribution in [0.4, 0.5) is 4.39 Å². The maximum atomic E-state index is 13.4. The number of benzene rings is 2. The van der Waals surface area contributed by atoms with Gasteiger partial charge in [0, 0.05) is 0 Å². The summed E-state index contributed by atoms with van der Waals surface area (Å²) in [5.74, 6) is -0.0217. The van der Waals surface area contributed by atoms with Gasteiger partial charge in [0.15, 0.2) is 0 Å². The van der Waals surface area contributed by atoms with Crippen molar-refractivity contribution in [2.24, 2.45) is 0 Å². The minimum atomic E-state index is -3.26. The van der Waals surface area contributed by atoms with Crippen molar-refractivity contribution in [2.75, 3.05) is 19.9 Å². The van der Waals surface area contributed by atoms with Gasteiger partial charge in [-0.05, 0) is 0 Å². The third-order valence-corrected chi connectivity index (χ3v) is 15.9. The van der Waals surface area contributed by atoms with E-state index in [9.17, 15) is 17.6 Å². The molecule has 0 saturated carbocycles. The van der Waals surface area contributed by atoms with Crippen molar-refractivity contribution in [1.82, 2.24) is 5.32 Å². The van der Waals surface area contributed by atoms with Crippen molar-refractivity contribution in [2.45, 2.75) is 19.1 Å². The van der Waals surface area contributed by atoms with Crippen molar-refractivity contribution in [1.29, 1.82) is 0 Å². The molecule has 1 N–H and O–H groups in total. The molecule has 1 aromatic heterocycles. The van der Waals surface area contributed by atoms with Crippen LogP contribution >= 0.6 is 0 Å². The molecule has 0 aliphatic carbocycles. The Balaban J connectivity index is 2.35. The Bertz CT molecular complexity index is 1190. The average molecular weight is 495 g/mol. The summed E-state index contributed by atoms with van der Waals surface area (Å²) in [4.78, 5) is 12.7. The molecule has 6 nitrogen and oxygen atoms in total. The van der Waals surface area contributed by atoms with Crippen LogP contribution in [0.2, 0.25) is 5.21 Å². The summed E-state index contributed by atoms with van der Waals surface area (Å²) in [7, 11) is -1.74. The summed E-state index contributed by atoms with van der Waals surface area (Å²) < 4.78 is 50.6. The number of fused-ring (bicyclic) bond motifs is 1. The van der Waals surface area contributed by atoms with E-state index in [1.54, 1.807) is 12.1 Å². The molecule has 1 heterocycles.